The number of hydrogen-bond donors (Lipinski definition) is 1. The first-order valence-electron chi connectivity index (χ1n) is 6.75. The van der Waals surface area contributed by atoms with Gasteiger partial charge in [0.1, 0.15) is 11.6 Å². The Balaban J connectivity index is 1.96. The molecule has 1 aliphatic carbocycles. The van der Waals surface area contributed by atoms with E-state index in [0.717, 1.165) is 35.8 Å². The Morgan fingerprint density at radius 3 is 2.79 bits per heavy atom. The van der Waals surface area contributed by atoms with Gasteiger partial charge in [-0.05, 0) is 25.2 Å². The smallest absolute Gasteiger partial charge is 0.134 e. The molecule has 2 unspecified atom stereocenters. The summed E-state index contributed by atoms with van der Waals surface area (Å²) in [7, 11) is 1.90. The van der Waals surface area contributed by atoms with Crippen LogP contribution in [0.2, 0.25) is 0 Å². The molecule has 1 saturated carbocycles. The van der Waals surface area contributed by atoms with E-state index in [1.807, 2.05) is 25.5 Å². The number of aryl methyl sites for hydroxylation is 1. The van der Waals surface area contributed by atoms with Crippen LogP contribution in [0.3, 0.4) is 0 Å². The van der Waals surface area contributed by atoms with E-state index >= 15 is 0 Å². The maximum Gasteiger partial charge on any atom is 0.134 e. The van der Waals surface area contributed by atoms with Crippen LogP contribution >= 0.6 is 0 Å². The summed E-state index contributed by atoms with van der Waals surface area (Å²) in [6.07, 6.45) is 7.34. The number of aromatic nitrogens is 4. The van der Waals surface area contributed by atoms with E-state index in [4.69, 9.17) is 5.73 Å². The number of hydrogen-bond acceptors (Lipinski definition) is 4. The predicted molar refractivity (Wildman–Crippen MR) is 74.4 cm³/mol. The van der Waals surface area contributed by atoms with E-state index in [1.165, 1.54) is 6.42 Å². The van der Waals surface area contributed by atoms with Crippen molar-refractivity contribution in [2.45, 2.75) is 32.1 Å². The summed E-state index contributed by atoms with van der Waals surface area (Å²) in [4.78, 5) is 9.11. The molecule has 0 radical (unpaired) electrons. The van der Waals surface area contributed by atoms with Crippen molar-refractivity contribution in [3.05, 3.63) is 24.3 Å². The third-order valence-electron chi connectivity index (χ3n) is 3.82. The molecule has 5 nitrogen and oxygen atoms in total. The highest BCUT2D eigenvalue weighted by Gasteiger charge is 2.25. The van der Waals surface area contributed by atoms with E-state index in [-0.39, 0.29) is 0 Å². The number of rotatable bonds is 2. The van der Waals surface area contributed by atoms with Crippen LogP contribution in [-0.4, -0.2) is 19.7 Å². The standard InChI is InChI=1S/C14H19N5/c1-9-3-4-10(5-9)14-17-12(6-13(15)18-14)11-7-16-19(2)8-11/h6-10H,3-5H2,1-2H3,(H2,15,17,18). The maximum atomic E-state index is 5.93. The lowest BCUT2D eigenvalue weighted by molar-refractivity contribution is 0.586. The SMILES string of the molecule is CC1CCC(c2nc(N)cc(-c3cnn(C)c3)n2)C1. The summed E-state index contributed by atoms with van der Waals surface area (Å²) < 4.78 is 1.77. The second-order valence-electron chi connectivity index (χ2n) is 5.55. The molecule has 1 fully saturated rings. The molecule has 1 aliphatic rings. The van der Waals surface area contributed by atoms with Gasteiger partial charge in [0, 0.05) is 30.8 Å². The number of nitrogens with two attached hydrogens (primary N) is 1. The molecule has 0 aliphatic heterocycles. The first-order valence-corrected chi connectivity index (χ1v) is 6.75. The molecule has 0 amide bonds. The van der Waals surface area contributed by atoms with Crippen LogP contribution in [0.5, 0.6) is 0 Å². The van der Waals surface area contributed by atoms with Crippen LogP contribution in [-0.2, 0) is 7.05 Å². The van der Waals surface area contributed by atoms with Crippen molar-refractivity contribution >= 4 is 5.82 Å². The normalized spacial score (nSPS) is 22.8. The van der Waals surface area contributed by atoms with Gasteiger partial charge in [0.05, 0.1) is 11.9 Å². The Bertz CT molecular complexity index is 589. The topological polar surface area (TPSA) is 69.6 Å². The average Bonchev–Trinajstić information content (AvgIpc) is 2.97. The van der Waals surface area contributed by atoms with E-state index < -0.39 is 0 Å². The second kappa shape index (κ2) is 4.64. The minimum atomic E-state index is 0.453. The van der Waals surface area contributed by atoms with Gasteiger partial charge in [-0.2, -0.15) is 5.10 Å². The predicted octanol–water partition coefficient (Wildman–Crippen LogP) is 2.36. The van der Waals surface area contributed by atoms with E-state index in [1.54, 1.807) is 4.68 Å². The zero-order valence-corrected chi connectivity index (χ0v) is 11.4. The highest BCUT2D eigenvalue weighted by Crippen LogP contribution is 2.37. The zero-order valence-electron chi connectivity index (χ0n) is 11.4. The van der Waals surface area contributed by atoms with E-state index in [0.29, 0.717) is 11.7 Å². The van der Waals surface area contributed by atoms with Gasteiger partial charge in [0.15, 0.2) is 0 Å². The average molecular weight is 257 g/mol. The number of anilines is 1. The molecular formula is C14H19N5. The largest absolute Gasteiger partial charge is 0.384 e. The van der Waals surface area contributed by atoms with Crippen LogP contribution in [0.25, 0.3) is 11.3 Å². The number of nitrogen functional groups attached to an aromatic ring is 1. The van der Waals surface area contributed by atoms with E-state index in [9.17, 15) is 0 Å². The lowest BCUT2D eigenvalue weighted by atomic mass is 10.1. The monoisotopic (exact) mass is 257 g/mol. The lowest BCUT2D eigenvalue weighted by Gasteiger charge is -2.10. The maximum absolute atomic E-state index is 5.93. The fourth-order valence-electron chi connectivity index (χ4n) is 2.81. The third kappa shape index (κ3) is 2.45. The molecule has 3 rings (SSSR count). The van der Waals surface area contributed by atoms with Gasteiger partial charge in [-0.15, -0.1) is 0 Å². The summed E-state index contributed by atoms with van der Waals surface area (Å²) in [5.41, 5.74) is 7.79. The van der Waals surface area contributed by atoms with Gasteiger partial charge in [-0.25, -0.2) is 9.97 Å². The molecule has 0 spiro atoms. The molecule has 2 N–H and O–H groups in total. The van der Waals surface area contributed by atoms with Gasteiger partial charge < -0.3 is 5.73 Å². The van der Waals surface area contributed by atoms with Crippen LogP contribution in [0.4, 0.5) is 5.82 Å². The van der Waals surface area contributed by atoms with Crippen molar-refractivity contribution in [3.63, 3.8) is 0 Å². The Hall–Kier alpha value is -1.91. The summed E-state index contributed by atoms with van der Waals surface area (Å²) in [6, 6.07) is 1.82. The fraction of sp³-hybridized carbons (Fsp3) is 0.500. The second-order valence-corrected chi connectivity index (χ2v) is 5.55. The minimum Gasteiger partial charge on any atom is -0.384 e. The number of nitrogens with zero attached hydrogens (tertiary/aromatic N) is 4. The van der Waals surface area contributed by atoms with Crippen molar-refractivity contribution in [1.29, 1.82) is 0 Å². The fourth-order valence-corrected chi connectivity index (χ4v) is 2.81. The minimum absolute atomic E-state index is 0.453. The molecule has 2 aromatic heterocycles. The van der Waals surface area contributed by atoms with Crippen molar-refractivity contribution in [2.24, 2.45) is 13.0 Å². The van der Waals surface area contributed by atoms with E-state index in [2.05, 4.69) is 22.0 Å². The van der Waals surface area contributed by atoms with Crippen molar-refractivity contribution in [3.8, 4) is 11.3 Å². The summed E-state index contributed by atoms with van der Waals surface area (Å²) >= 11 is 0. The van der Waals surface area contributed by atoms with Crippen molar-refractivity contribution in [1.82, 2.24) is 19.7 Å². The molecule has 2 atom stereocenters. The first kappa shape index (κ1) is 12.1. The van der Waals surface area contributed by atoms with Gasteiger partial charge in [0.25, 0.3) is 0 Å². The van der Waals surface area contributed by atoms with Crippen LogP contribution < -0.4 is 5.73 Å². The van der Waals surface area contributed by atoms with Gasteiger partial charge in [0.2, 0.25) is 0 Å². The Labute approximate surface area is 112 Å². The highest BCUT2D eigenvalue weighted by molar-refractivity contribution is 5.60. The first-order chi connectivity index (χ1) is 9.11. The van der Waals surface area contributed by atoms with Gasteiger partial charge in [-0.3, -0.25) is 4.68 Å². The quantitative estimate of drug-likeness (QED) is 0.896. The van der Waals surface area contributed by atoms with Crippen LogP contribution in [0.1, 0.15) is 37.9 Å². The third-order valence-corrected chi connectivity index (χ3v) is 3.82. The summed E-state index contributed by atoms with van der Waals surface area (Å²) in [5, 5.41) is 4.18. The molecule has 5 heteroatoms. The van der Waals surface area contributed by atoms with Crippen molar-refractivity contribution in [2.75, 3.05) is 5.73 Å². The molecule has 0 saturated heterocycles. The Morgan fingerprint density at radius 1 is 1.32 bits per heavy atom. The molecule has 2 heterocycles. The Morgan fingerprint density at radius 2 is 2.16 bits per heavy atom. The molecule has 0 aromatic carbocycles. The summed E-state index contributed by atoms with van der Waals surface area (Å²) in [5.74, 6) is 2.65. The highest BCUT2D eigenvalue weighted by atomic mass is 15.2. The zero-order chi connectivity index (χ0) is 13.4. The Kier molecular flexibility index (Phi) is 2.97. The molecule has 2 aromatic rings. The van der Waals surface area contributed by atoms with Gasteiger partial charge >= 0.3 is 0 Å². The molecule has 0 bridgehead atoms. The molecule has 100 valence electrons. The van der Waals surface area contributed by atoms with Gasteiger partial charge in [-0.1, -0.05) is 6.92 Å². The van der Waals surface area contributed by atoms with Crippen LogP contribution in [0, 0.1) is 5.92 Å². The lowest BCUT2D eigenvalue weighted by Crippen LogP contribution is -2.05. The molecular weight excluding hydrogens is 238 g/mol. The summed E-state index contributed by atoms with van der Waals surface area (Å²) in [6.45, 7) is 2.29. The van der Waals surface area contributed by atoms with Crippen LogP contribution in [0.15, 0.2) is 18.5 Å². The molecule has 19 heavy (non-hydrogen) atoms. The van der Waals surface area contributed by atoms with Crippen molar-refractivity contribution < 1.29 is 0 Å².